The molecule has 158 valence electrons. The molecule has 29 heavy (non-hydrogen) atoms. The van der Waals surface area contributed by atoms with Crippen LogP contribution in [0.5, 0.6) is 0 Å². The smallest absolute Gasteiger partial charge is 0.262 e. The monoisotopic (exact) mass is 437 g/mol. The van der Waals surface area contributed by atoms with E-state index < -0.39 is 20.0 Å². The molecule has 1 fully saturated rings. The first-order valence-electron chi connectivity index (χ1n) is 9.54. The summed E-state index contributed by atoms with van der Waals surface area (Å²) in [7, 11) is -4.88. The highest BCUT2D eigenvalue weighted by Gasteiger charge is 2.25. The van der Waals surface area contributed by atoms with E-state index in [-0.39, 0.29) is 9.79 Å². The summed E-state index contributed by atoms with van der Waals surface area (Å²) < 4.78 is 54.5. The Morgan fingerprint density at radius 2 is 1.66 bits per heavy atom. The molecule has 0 radical (unpaired) electrons. The second-order valence-electron chi connectivity index (χ2n) is 7.42. The molecule has 0 amide bonds. The lowest BCUT2D eigenvalue weighted by Crippen LogP contribution is -2.38. The van der Waals surface area contributed by atoms with Gasteiger partial charge in [-0.2, -0.15) is 0 Å². The van der Waals surface area contributed by atoms with E-state index in [1.807, 2.05) is 12.1 Å². The Bertz CT molecular complexity index is 1080. The molecule has 9 heteroatoms. The Labute approximate surface area is 173 Å². The molecule has 1 N–H and O–H groups in total. The summed E-state index contributed by atoms with van der Waals surface area (Å²) in [5.74, 6) is 0. The lowest BCUT2D eigenvalue weighted by atomic mass is 10.0. The van der Waals surface area contributed by atoms with Gasteiger partial charge in [-0.25, -0.2) is 21.1 Å². The van der Waals surface area contributed by atoms with Crippen molar-refractivity contribution < 1.29 is 16.8 Å². The summed E-state index contributed by atoms with van der Waals surface area (Å²) in [6.45, 7) is 3.01. The van der Waals surface area contributed by atoms with Crippen LogP contribution in [0.25, 0.3) is 0 Å². The summed E-state index contributed by atoms with van der Waals surface area (Å²) in [5, 5.41) is 0. The van der Waals surface area contributed by atoms with Crippen molar-refractivity contribution in [1.82, 2.24) is 4.31 Å². The molecule has 1 heterocycles. The minimum Gasteiger partial charge on any atom is -0.367 e. The lowest BCUT2D eigenvalue weighted by molar-refractivity contribution is 0.485. The van der Waals surface area contributed by atoms with Crippen LogP contribution in [-0.4, -0.2) is 47.8 Å². The van der Waals surface area contributed by atoms with Gasteiger partial charge in [0.25, 0.3) is 10.0 Å². The van der Waals surface area contributed by atoms with Crippen LogP contribution >= 0.6 is 0 Å². The minimum atomic E-state index is -3.96. The summed E-state index contributed by atoms with van der Waals surface area (Å²) in [4.78, 5) is 2.05. The van der Waals surface area contributed by atoms with Crippen molar-refractivity contribution in [2.24, 2.45) is 0 Å². The first-order valence-corrected chi connectivity index (χ1v) is 12.5. The highest BCUT2D eigenvalue weighted by Crippen LogP contribution is 2.32. The van der Waals surface area contributed by atoms with Crippen molar-refractivity contribution in [2.45, 2.75) is 42.0 Å². The second kappa shape index (κ2) is 8.33. The molecule has 3 rings (SSSR count). The van der Waals surface area contributed by atoms with E-state index in [0.717, 1.165) is 29.4 Å². The maximum absolute atomic E-state index is 13.0. The Morgan fingerprint density at radius 1 is 0.966 bits per heavy atom. The van der Waals surface area contributed by atoms with Gasteiger partial charge in [-0.15, -0.1) is 0 Å². The largest absolute Gasteiger partial charge is 0.367 e. The van der Waals surface area contributed by atoms with E-state index in [0.29, 0.717) is 11.7 Å². The van der Waals surface area contributed by atoms with Crippen molar-refractivity contribution >= 4 is 31.4 Å². The lowest BCUT2D eigenvalue weighted by Gasteiger charge is -2.36. The number of para-hydroxylation sites is 2. The summed E-state index contributed by atoms with van der Waals surface area (Å²) in [5.41, 5.74) is 1.32. The zero-order valence-corrected chi connectivity index (χ0v) is 18.5. The number of anilines is 2. The third kappa shape index (κ3) is 4.57. The van der Waals surface area contributed by atoms with Gasteiger partial charge in [-0.3, -0.25) is 4.72 Å². The van der Waals surface area contributed by atoms with E-state index in [2.05, 4.69) is 16.5 Å². The number of piperidine rings is 1. The minimum absolute atomic E-state index is 0.0664. The predicted octanol–water partition coefficient (Wildman–Crippen LogP) is 3.12. The van der Waals surface area contributed by atoms with Crippen molar-refractivity contribution in [3.63, 3.8) is 0 Å². The van der Waals surface area contributed by atoms with E-state index in [4.69, 9.17) is 0 Å². The maximum atomic E-state index is 13.0. The van der Waals surface area contributed by atoms with Crippen LogP contribution in [-0.2, 0) is 20.0 Å². The van der Waals surface area contributed by atoms with Crippen molar-refractivity contribution in [3.05, 3.63) is 48.5 Å². The summed E-state index contributed by atoms with van der Waals surface area (Å²) >= 11 is 0. The third-order valence-corrected chi connectivity index (χ3v) is 8.33. The number of rotatable bonds is 6. The zero-order valence-electron chi connectivity index (χ0n) is 16.9. The third-order valence-electron chi connectivity index (χ3n) is 5.16. The normalized spacial score (nSPS) is 18.1. The van der Waals surface area contributed by atoms with Crippen LogP contribution in [0.4, 0.5) is 11.4 Å². The fourth-order valence-electron chi connectivity index (χ4n) is 3.48. The topological polar surface area (TPSA) is 86.8 Å². The van der Waals surface area contributed by atoms with Crippen LogP contribution in [0.2, 0.25) is 0 Å². The van der Waals surface area contributed by atoms with Crippen LogP contribution in [0.3, 0.4) is 0 Å². The molecule has 0 aliphatic carbocycles. The molecule has 1 saturated heterocycles. The Kier molecular flexibility index (Phi) is 6.21. The van der Waals surface area contributed by atoms with E-state index >= 15 is 0 Å². The first kappa shape index (κ1) is 21.6. The van der Waals surface area contributed by atoms with Crippen LogP contribution < -0.4 is 9.62 Å². The Hall–Kier alpha value is -2.10. The number of benzene rings is 2. The van der Waals surface area contributed by atoms with E-state index in [1.54, 1.807) is 12.1 Å². The Morgan fingerprint density at radius 3 is 2.34 bits per heavy atom. The van der Waals surface area contributed by atoms with Gasteiger partial charge < -0.3 is 4.90 Å². The number of nitrogens with one attached hydrogen (secondary N) is 1. The number of sulfonamides is 2. The highest BCUT2D eigenvalue weighted by molar-refractivity contribution is 7.93. The van der Waals surface area contributed by atoms with E-state index in [9.17, 15) is 16.8 Å². The first-order chi connectivity index (χ1) is 13.6. The molecular formula is C20H27N3O4S2. The molecule has 0 saturated carbocycles. The molecule has 1 aliphatic rings. The molecule has 2 aromatic rings. The van der Waals surface area contributed by atoms with Gasteiger partial charge in [0.05, 0.1) is 21.2 Å². The maximum Gasteiger partial charge on any atom is 0.262 e. The van der Waals surface area contributed by atoms with Gasteiger partial charge in [0, 0.05) is 26.7 Å². The van der Waals surface area contributed by atoms with Gasteiger partial charge in [0.1, 0.15) is 0 Å². The van der Waals surface area contributed by atoms with Crippen molar-refractivity contribution in [3.8, 4) is 0 Å². The van der Waals surface area contributed by atoms with Gasteiger partial charge in [0.2, 0.25) is 10.0 Å². The van der Waals surface area contributed by atoms with E-state index in [1.165, 1.54) is 44.8 Å². The van der Waals surface area contributed by atoms with Crippen molar-refractivity contribution in [1.29, 1.82) is 0 Å². The molecule has 1 atom stereocenters. The molecule has 2 aromatic carbocycles. The SMILES string of the molecule is CC1CCCCN1c1ccccc1NS(=O)(=O)c1cccc(S(=O)(=O)N(C)C)c1. The molecule has 0 spiro atoms. The number of hydrogen-bond donors (Lipinski definition) is 1. The van der Waals surface area contributed by atoms with Crippen molar-refractivity contribution in [2.75, 3.05) is 30.3 Å². The summed E-state index contributed by atoms with van der Waals surface area (Å²) in [6.07, 6.45) is 3.29. The van der Waals surface area contributed by atoms with Gasteiger partial charge in [-0.1, -0.05) is 18.2 Å². The quantitative estimate of drug-likeness (QED) is 0.750. The molecule has 7 nitrogen and oxygen atoms in total. The molecule has 0 aromatic heterocycles. The predicted molar refractivity (Wildman–Crippen MR) is 115 cm³/mol. The van der Waals surface area contributed by atoms with Gasteiger partial charge >= 0.3 is 0 Å². The summed E-state index contributed by atoms with van der Waals surface area (Å²) in [6, 6.07) is 13.0. The fraction of sp³-hybridized carbons (Fsp3) is 0.400. The van der Waals surface area contributed by atoms with Gasteiger partial charge in [0.15, 0.2) is 0 Å². The second-order valence-corrected chi connectivity index (χ2v) is 11.3. The number of nitrogens with zero attached hydrogens (tertiary/aromatic N) is 2. The molecule has 1 unspecified atom stereocenters. The van der Waals surface area contributed by atoms with Crippen LogP contribution in [0, 0.1) is 0 Å². The molecule has 1 aliphatic heterocycles. The average molecular weight is 438 g/mol. The standard InChI is InChI=1S/C20H27N3O4S2/c1-16-9-6-7-14-23(16)20-13-5-4-12-19(20)21-28(24,25)17-10-8-11-18(15-17)29(26,27)22(2)3/h4-5,8,10-13,15-16,21H,6-7,9,14H2,1-3H3. The molecule has 0 bridgehead atoms. The van der Waals surface area contributed by atoms with Crippen LogP contribution in [0.15, 0.2) is 58.3 Å². The average Bonchev–Trinajstić information content (AvgIpc) is 2.69. The van der Waals surface area contributed by atoms with Gasteiger partial charge in [-0.05, 0) is 56.5 Å². The Balaban J connectivity index is 1.96. The molecular weight excluding hydrogens is 410 g/mol. The number of hydrogen-bond acceptors (Lipinski definition) is 5. The highest BCUT2D eigenvalue weighted by atomic mass is 32.2. The fourth-order valence-corrected chi connectivity index (χ4v) is 5.63. The van der Waals surface area contributed by atoms with Crippen LogP contribution in [0.1, 0.15) is 26.2 Å². The zero-order chi connectivity index (χ0) is 21.2.